The van der Waals surface area contributed by atoms with E-state index < -0.39 is 12.0 Å². The first-order valence-electron chi connectivity index (χ1n) is 10.4. The Morgan fingerprint density at radius 1 is 1.19 bits per heavy atom. The van der Waals surface area contributed by atoms with Crippen LogP contribution < -0.4 is 15.1 Å². The van der Waals surface area contributed by atoms with Crippen molar-refractivity contribution < 1.29 is 13.9 Å². The monoisotopic (exact) mass is 439 g/mol. The van der Waals surface area contributed by atoms with Crippen LogP contribution in [-0.2, 0) is 4.79 Å². The third-order valence-electron chi connectivity index (χ3n) is 5.27. The normalized spacial score (nSPS) is 14.8. The molecule has 1 aromatic heterocycles. The number of rotatable bonds is 6. The highest BCUT2D eigenvalue weighted by atomic mass is 32.2. The van der Waals surface area contributed by atoms with Gasteiger partial charge in [-0.25, -0.2) is 9.29 Å². The van der Waals surface area contributed by atoms with Crippen molar-refractivity contribution in [1.82, 2.24) is 10.1 Å². The number of amides is 1. The Labute approximate surface area is 184 Å². The lowest BCUT2D eigenvalue weighted by atomic mass is 10.0. The van der Waals surface area contributed by atoms with Crippen LogP contribution in [0.2, 0.25) is 0 Å². The molecule has 0 bridgehead atoms. The van der Waals surface area contributed by atoms with Crippen LogP contribution >= 0.6 is 11.8 Å². The molecule has 0 saturated heterocycles. The molecule has 160 valence electrons. The van der Waals surface area contributed by atoms with Crippen molar-refractivity contribution in [2.45, 2.75) is 44.4 Å². The molecule has 0 radical (unpaired) electrons. The SMILES string of the molecule is CCCCCSc1n[n+]2c(c(=O)[nH]1)-c1ccccc1N(C(C)=O)[C@H]2c1ccccc1F. The summed E-state index contributed by atoms with van der Waals surface area (Å²) in [4.78, 5) is 30.3. The summed E-state index contributed by atoms with van der Waals surface area (Å²) < 4.78 is 16.4. The van der Waals surface area contributed by atoms with Crippen LogP contribution in [0, 0.1) is 5.82 Å². The van der Waals surface area contributed by atoms with E-state index in [9.17, 15) is 14.0 Å². The predicted molar refractivity (Wildman–Crippen MR) is 118 cm³/mol. The predicted octanol–water partition coefficient (Wildman–Crippen LogP) is 4.06. The van der Waals surface area contributed by atoms with E-state index in [-0.39, 0.29) is 17.0 Å². The lowest BCUT2D eigenvalue weighted by Crippen LogP contribution is -2.60. The third kappa shape index (κ3) is 3.99. The maximum absolute atomic E-state index is 14.9. The zero-order chi connectivity index (χ0) is 22.0. The quantitative estimate of drug-likeness (QED) is 0.357. The van der Waals surface area contributed by atoms with E-state index in [2.05, 4.69) is 17.0 Å². The molecule has 0 saturated carbocycles. The summed E-state index contributed by atoms with van der Waals surface area (Å²) >= 11 is 1.46. The third-order valence-corrected chi connectivity index (χ3v) is 6.22. The van der Waals surface area contributed by atoms with Gasteiger partial charge >= 0.3 is 11.3 Å². The van der Waals surface area contributed by atoms with Gasteiger partial charge in [-0.1, -0.05) is 55.8 Å². The van der Waals surface area contributed by atoms with Gasteiger partial charge in [-0.05, 0) is 35.4 Å². The van der Waals surface area contributed by atoms with Crippen molar-refractivity contribution in [2.24, 2.45) is 0 Å². The fourth-order valence-electron chi connectivity index (χ4n) is 3.86. The van der Waals surface area contributed by atoms with E-state index in [0.29, 0.717) is 22.1 Å². The zero-order valence-electron chi connectivity index (χ0n) is 17.5. The fraction of sp³-hybridized carbons (Fsp3) is 0.304. The summed E-state index contributed by atoms with van der Waals surface area (Å²) in [7, 11) is 0. The molecule has 3 aromatic rings. The van der Waals surface area contributed by atoms with Gasteiger partial charge in [0, 0.05) is 17.8 Å². The van der Waals surface area contributed by atoms with Gasteiger partial charge in [0.05, 0.1) is 16.8 Å². The highest BCUT2D eigenvalue weighted by Crippen LogP contribution is 2.37. The van der Waals surface area contributed by atoms with Gasteiger partial charge in [-0.2, -0.15) is 0 Å². The zero-order valence-corrected chi connectivity index (χ0v) is 18.3. The molecule has 6 nitrogen and oxygen atoms in total. The maximum Gasteiger partial charge on any atom is 0.325 e. The van der Waals surface area contributed by atoms with Gasteiger partial charge in [0.1, 0.15) is 5.82 Å². The number of fused-ring (bicyclic) bond motifs is 3. The van der Waals surface area contributed by atoms with Gasteiger partial charge in [-0.15, -0.1) is 0 Å². The number of hydrogen-bond acceptors (Lipinski definition) is 4. The molecule has 2 aromatic carbocycles. The summed E-state index contributed by atoms with van der Waals surface area (Å²) in [6.07, 6.45) is 2.30. The Hall–Kier alpha value is -3.00. The number of nitrogens with zero attached hydrogens (tertiary/aromatic N) is 3. The largest absolute Gasteiger partial charge is 0.325 e. The van der Waals surface area contributed by atoms with Crippen LogP contribution in [0.4, 0.5) is 10.1 Å². The minimum atomic E-state index is -0.902. The molecule has 8 heteroatoms. The van der Waals surface area contributed by atoms with Crippen LogP contribution in [0.1, 0.15) is 44.8 Å². The summed E-state index contributed by atoms with van der Waals surface area (Å²) in [5, 5.41) is 5.12. The topological polar surface area (TPSA) is 69.9 Å². The van der Waals surface area contributed by atoms with Crippen LogP contribution in [0.15, 0.2) is 58.5 Å². The average Bonchev–Trinajstić information content (AvgIpc) is 2.76. The second kappa shape index (κ2) is 9.01. The number of aromatic amines is 1. The molecular formula is C23H24FN4O2S+. The Bertz CT molecular complexity index is 1180. The molecule has 1 aliphatic heterocycles. The van der Waals surface area contributed by atoms with Gasteiger partial charge < -0.3 is 0 Å². The summed E-state index contributed by atoms with van der Waals surface area (Å²) in [5.74, 6) is 0.0851. The van der Waals surface area contributed by atoms with Gasteiger partial charge in [-0.3, -0.25) is 14.6 Å². The Kier molecular flexibility index (Phi) is 6.18. The number of carbonyl (C=O) groups is 1. The Morgan fingerprint density at radius 2 is 1.94 bits per heavy atom. The number of aromatic nitrogens is 3. The van der Waals surface area contributed by atoms with Gasteiger partial charge in [0.2, 0.25) is 11.1 Å². The summed E-state index contributed by atoms with van der Waals surface area (Å²) in [6, 6.07) is 13.4. The van der Waals surface area contributed by atoms with Crippen molar-refractivity contribution in [3.05, 3.63) is 70.3 Å². The number of unbranched alkanes of at least 4 members (excludes halogenated alkanes) is 2. The molecule has 1 amide bonds. The highest BCUT2D eigenvalue weighted by Gasteiger charge is 2.45. The second-order valence-corrected chi connectivity index (χ2v) is 8.49. The van der Waals surface area contributed by atoms with E-state index in [0.717, 1.165) is 25.0 Å². The van der Waals surface area contributed by atoms with Crippen molar-refractivity contribution in [1.29, 1.82) is 0 Å². The van der Waals surface area contributed by atoms with E-state index in [1.165, 1.54) is 34.3 Å². The van der Waals surface area contributed by atoms with Gasteiger partial charge in [0.25, 0.3) is 6.17 Å². The molecule has 0 unspecified atom stereocenters. The van der Waals surface area contributed by atoms with Crippen LogP contribution in [0.25, 0.3) is 11.3 Å². The molecule has 2 heterocycles. The minimum absolute atomic E-state index is 0.266. The van der Waals surface area contributed by atoms with Gasteiger partial charge in [0.15, 0.2) is 0 Å². The lowest BCUT2D eigenvalue weighted by Gasteiger charge is -2.31. The van der Waals surface area contributed by atoms with Crippen molar-refractivity contribution in [3.8, 4) is 11.3 Å². The molecule has 1 N–H and O–H groups in total. The standard InChI is InChI=1S/C23H23FN4O2S/c1-3-4-9-14-31-23-25-21(30)20-17-11-6-8-13-19(17)27(15(2)29)22(28(20)26-23)16-10-5-7-12-18(16)24/h5-8,10-13,22H,3-4,9,14H2,1-2H3/p+1/t22-/m1/s1. The number of benzene rings is 2. The number of H-pyrrole nitrogens is 1. The first-order chi connectivity index (χ1) is 15.0. The number of hydrogen-bond donors (Lipinski definition) is 1. The Morgan fingerprint density at radius 3 is 2.68 bits per heavy atom. The average molecular weight is 440 g/mol. The van der Waals surface area contributed by atoms with Crippen LogP contribution in [-0.4, -0.2) is 21.7 Å². The van der Waals surface area contributed by atoms with Crippen molar-refractivity contribution >= 4 is 23.4 Å². The number of carbonyl (C=O) groups excluding carboxylic acids is 1. The first kappa shape index (κ1) is 21.2. The highest BCUT2D eigenvalue weighted by molar-refractivity contribution is 7.99. The second-order valence-electron chi connectivity index (χ2n) is 7.41. The van der Waals surface area contributed by atoms with Crippen molar-refractivity contribution in [3.63, 3.8) is 0 Å². The smallest absolute Gasteiger partial charge is 0.291 e. The maximum atomic E-state index is 14.9. The lowest BCUT2D eigenvalue weighted by molar-refractivity contribution is -0.763. The van der Waals surface area contributed by atoms with Crippen LogP contribution in [0.3, 0.4) is 0 Å². The fourth-order valence-corrected chi connectivity index (χ4v) is 4.72. The molecular weight excluding hydrogens is 415 g/mol. The molecule has 4 rings (SSSR count). The van der Waals surface area contributed by atoms with E-state index in [1.807, 2.05) is 0 Å². The van der Waals surface area contributed by atoms with Crippen LogP contribution in [0.5, 0.6) is 0 Å². The van der Waals surface area contributed by atoms with E-state index in [1.54, 1.807) is 42.5 Å². The molecule has 0 fully saturated rings. The number of nitrogens with one attached hydrogen (secondary N) is 1. The number of para-hydroxylation sites is 1. The van der Waals surface area contributed by atoms with E-state index in [4.69, 9.17) is 0 Å². The number of halogens is 1. The Balaban J connectivity index is 1.93. The summed E-state index contributed by atoms with van der Waals surface area (Å²) in [5.41, 5.74) is 1.41. The number of thioether (sulfide) groups is 1. The molecule has 1 atom stereocenters. The minimum Gasteiger partial charge on any atom is -0.291 e. The molecule has 1 aliphatic rings. The molecule has 0 spiro atoms. The molecule has 0 aliphatic carbocycles. The number of anilines is 1. The first-order valence-corrected chi connectivity index (χ1v) is 11.3. The van der Waals surface area contributed by atoms with E-state index >= 15 is 0 Å². The van der Waals surface area contributed by atoms with Crippen molar-refractivity contribution in [2.75, 3.05) is 10.7 Å². The molecule has 31 heavy (non-hydrogen) atoms. The summed E-state index contributed by atoms with van der Waals surface area (Å²) in [6.45, 7) is 3.57.